The third kappa shape index (κ3) is 6.48. The van der Waals surface area contributed by atoms with Gasteiger partial charge >= 0.3 is 0 Å². The number of halogens is 2. The van der Waals surface area contributed by atoms with Gasteiger partial charge in [0.05, 0.1) is 17.4 Å². The fourth-order valence-electron chi connectivity index (χ4n) is 5.43. The summed E-state index contributed by atoms with van der Waals surface area (Å²) in [5.41, 5.74) is 4.93. The van der Waals surface area contributed by atoms with Gasteiger partial charge < -0.3 is 4.74 Å². The number of imide groups is 1. The van der Waals surface area contributed by atoms with Crippen molar-refractivity contribution in [2.24, 2.45) is 0 Å². The van der Waals surface area contributed by atoms with Gasteiger partial charge in [-0.3, -0.25) is 14.5 Å². The lowest BCUT2D eigenvalue weighted by atomic mass is 9.91. The predicted molar refractivity (Wildman–Crippen MR) is 183 cm³/mol. The summed E-state index contributed by atoms with van der Waals surface area (Å²) in [7, 11) is 0. The molecule has 6 rings (SSSR count). The summed E-state index contributed by atoms with van der Waals surface area (Å²) in [6.45, 7) is 3.67. The van der Waals surface area contributed by atoms with Crippen LogP contribution in [0.5, 0.6) is 5.75 Å². The lowest BCUT2D eigenvalue weighted by Crippen LogP contribution is -2.44. The number of benzene rings is 4. The van der Waals surface area contributed by atoms with Gasteiger partial charge in [0.25, 0.3) is 11.8 Å². The molecule has 47 heavy (non-hydrogen) atoms. The average Bonchev–Trinajstić information content (AvgIpc) is 3.51. The van der Waals surface area contributed by atoms with Gasteiger partial charge in [-0.15, -0.1) is 0 Å². The molecule has 0 bridgehead atoms. The van der Waals surface area contributed by atoms with Crippen molar-refractivity contribution in [3.63, 3.8) is 0 Å². The number of carbonyl (C=O) groups excluding carboxylic acids is 2. The van der Waals surface area contributed by atoms with Crippen LogP contribution in [0.15, 0.2) is 126 Å². The molecule has 1 aliphatic heterocycles. The maximum atomic E-state index is 14.1. The quantitative estimate of drug-likeness (QED) is 0.123. The minimum Gasteiger partial charge on any atom is -0.489 e. The highest BCUT2D eigenvalue weighted by Gasteiger charge is 2.39. The number of nitrogens with zero attached hydrogens (tertiary/aromatic N) is 4. The summed E-state index contributed by atoms with van der Waals surface area (Å²) < 4.78 is 7.72. The molecule has 0 saturated carbocycles. The van der Waals surface area contributed by atoms with Crippen LogP contribution in [-0.2, 0) is 16.2 Å². The Balaban J connectivity index is 1.39. The molecule has 2 heterocycles. The number of nitriles is 1. The first kappa shape index (κ1) is 31.6. The Labute approximate surface area is 282 Å². The molecule has 232 valence electrons. The van der Waals surface area contributed by atoms with Crippen LogP contribution < -0.4 is 4.74 Å². The Morgan fingerprint density at radius 2 is 1.60 bits per heavy atom. The van der Waals surface area contributed by atoms with Gasteiger partial charge in [-0.1, -0.05) is 77.8 Å². The van der Waals surface area contributed by atoms with E-state index < -0.39 is 17.9 Å². The van der Waals surface area contributed by atoms with E-state index in [1.54, 1.807) is 36.7 Å². The summed E-state index contributed by atoms with van der Waals surface area (Å²) >= 11 is 12.3. The van der Waals surface area contributed by atoms with Crippen LogP contribution in [-0.4, -0.2) is 26.5 Å². The number of amides is 2. The standard InChI is InChI=1S/C38H28Cl2N4O3/c1-24-33(37(45)44(38(46)34(24)21-41)25(2)26-9-5-3-6-10-26)19-29-22-43(31-11-7-4-8-12-31)42-36(29)27-14-17-32(18-15-27)47-23-28-13-16-30(39)20-35(28)40/h3-20,22,25H,23H2,1-2H3/b33-19+. The number of hydrogen-bond donors (Lipinski definition) is 0. The van der Waals surface area contributed by atoms with Gasteiger partial charge in [0.2, 0.25) is 0 Å². The molecule has 0 saturated heterocycles. The first-order valence-electron chi connectivity index (χ1n) is 14.8. The van der Waals surface area contributed by atoms with Crippen molar-refractivity contribution in [2.45, 2.75) is 26.5 Å². The molecule has 0 radical (unpaired) electrons. The molecule has 1 aliphatic rings. The summed E-state index contributed by atoms with van der Waals surface area (Å²) in [5, 5.41) is 16.0. The maximum Gasteiger partial charge on any atom is 0.272 e. The first-order valence-corrected chi connectivity index (χ1v) is 15.6. The molecule has 1 unspecified atom stereocenters. The molecular formula is C38H28Cl2N4O3. The average molecular weight is 660 g/mol. The Morgan fingerprint density at radius 3 is 2.26 bits per heavy atom. The number of para-hydroxylation sites is 1. The second-order valence-corrected chi connectivity index (χ2v) is 11.8. The second kappa shape index (κ2) is 13.5. The zero-order chi connectivity index (χ0) is 33.1. The summed E-state index contributed by atoms with van der Waals surface area (Å²) in [4.78, 5) is 28.7. The monoisotopic (exact) mass is 658 g/mol. The molecule has 7 nitrogen and oxygen atoms in total. The van der Waals surface area contributed by atoms with Gasteiger partial charge in [0.1, 0.15) is 24.0 Å². The van der Waals surface area contributed by atoms with E-state index in [1.807, 2.05) is 103 Å². The van der Waals surface area contributed by atoms with E-state index in [4.69, 9.17) is 33.0 Å². The van der Waals surface area contributed by atoms with Gasteiger partial charge in [-0.2, -0.15) is 10.4 Å². The van der Waals surface area contributed by atoms with Crippen molar-refractivity contribution < 1.29 is 14.3 Å². The lowest BCUT2D eigenvalue weighted by Gasteiger charge is -2.32. The fraction of sp³-hybridized carbons (Fsp3) is 0.105. The number of hydrogen-bond acceptors (Lipinski definition) is 5. The van der Waals surface area contributed by atoms with Crippen LogP contribution in [0.1, 0.15) is 36.6 Å². The molecule has 0 N–H and O–H groups in total. The zero-order valence-corrected chi connectivity index (χ0v) is 27.0. The van der Waals surface area contributed by atoms with Crippen molar-refractivity contribution in [3.05, 3.63) is 153 Å². The Hall–Kier alpha value is -5.42. The molecule has 4 aromatic carbocycles. The van der Waals surface area contributed by atoms with Crippen LogP contribution in [0.3, 0.4) is 0 Å². The third-order valence-electron chi connectivity index (χ3n) is 8.04. The van der Waals surface area contributed by atoms with Gasteiger partial charge in [-0.25, -0.2) is 4.68 Å². The van der Waals surface area contributed by atoms with Gasteiger partial charge in [0.15, 0.2) is 0 Å². The highest BCUT2D eigenvalue weighted by molar-refractivity contribution is 6.35. The molecule has 1 atom stereocenters. The van der Waals surface area contributed by atoms with Crippen LogP contribution in [0.4, 0.5) is 0 Å². The first-order chi connectivity index (χ1) is 22.7. The Bertz CT molecular complexity index is 2080. The van der Waals surface area contributed by atoms with E-state index in [9.17, 15) is 14.9 Å². The van der Waals surface area contributed by atoms with E-state index in [2.05, 4.69) is 0 Å². The lowest BCUT2D eigenvalue weighted by molar-refractivity contribution is -0.143. The SMILES string of the molecule is CC1=C(C#N)C(=O)N(C(C)c2ccccc2)C(=O)/C1=C/c1cn(-c2ccccc2)nc1-c1ccc(OCc2ccc(Cl)cc2Cl)cc1. The topological polar surface area (TPSA) is 88.2 Å². The maximum absolute atomic E-state index is 14.1. The molecule has 0 fully saturated rings. The number of aromatic nitrogens is 2. The molecular weight excluding hydrogens is 631 g/mol. The van der Waals surface area contributed by atoms with Crippen molar-refractivity contribution in [1.29, 1.82) is 5.26 Å². The molecule has 9 heteroatoms. The van der Waals surface area contributed by atoms with Gasteiger partial charge in [-0.05, 0) is 79.6 Å². The summed E-state index contributed by atoms with van der Waals surface area (Å²) in [6, 6.07) is 33.0. The number of carbonyl (C=O) groups is 2. The highest BCUT2D eigenvalue weighted by atomic mass is 35.5. The molecule has 0 spiro atoms. The number of ether oxygens (including phenoxy) is 1. The summed E-state index contributed by atoms with van der Waals surface area (Å²) in [6.07, 6.45) is 3.54. The highest BCUT2D eigenvalue weighted by Crippen LogP contribution is 2.35. The molecule has 1 aromatic heterocycles. The van der Waals surface area contributed by atoms with Crippen LogP contribution in [0.25, 0.3) is 23.0 Å². The minimum atomic E-state index is -0.612. The molecule has 5 aromatic rings. The van der Waals surface area contributed by atoms with Crippen LogP contribution in [0.2, 0.25) is 10.0 Å². The second-order valence-electron chi connectivity index (χ2n) is 11.0. The largest absolute Gasteiger partial charge is 0.489 e. The molecule has 0 aliphatic carbocycles. The summed E-state index contributed by atoms with van der Waals surface area (Å²) in [5.74, 6) is -0.462. The van der Waals surface area contributed by atoms with E-state index >= 15 is 0 Å². The predicted octanol–water partition coefficient (Wildman–Crippen LogP) is 8.78. The van der Waals surface area contributed by atoms with E-state index in [0.717, 1.165) is 27.3 Å². The smallest absolute Gasteiger partial charge is 0.272 e. The van der Waals surface area contributed by atoms with Gasteiger partial charge in [0, 0.05) is 38.5 Å². The minimum absolute atomic E-state index is 0.0714. The van der Waals surface area contributed by atoms with Crippen molar-refractivity contribution in [3.8, 4) is 28.8 Å². The fourth-order valence-corrected chi connectivity index (χ4v) is 5.89. The van der Waals surface area contributed by atoms with E-state index in [1.165, 1.54) is 0 Å². The van der Waals surface area contributed by atoms with Crippen LogP contribution in [0, 0.1) is 11.3 Å². The normalized spacial score (nSPS) is 14.8. The zero-order valence-electron chi connectivity index (χ0n) is 25.5. The Kier molecular flexibility index (Phi) is 9.08. The third-order valence-corrected chi connectivity index (χ3v) is 8.63. The number of rotatable bonds is 8. The van der Waals surface area contributed by atoms with Crippen molar-refractivity contribution >= 4 is 41.1 Å². The van der Waals surface area contributed by atoms with Crippen molar-refractivity contribution in [1.82, 2.24) is 14.7 Å². The van der Waals surface area contributed by atoms with Crippen LogP contribution >= 0.6 is 23.2 Å². The van der Waals surface area contributed by atoms with E-state index in [0.29, 0.717) is 32.6 Å². The van der Waals surface area contributed by atoms with Crippen molar-refractivity contribution in [2.75, 3.05) is 0 Å². The molecule has 2 amide bonds. The van der Waals surface area contributed by atoms with E-state index in [-0.39, 0.29) is 17.8 Å². The Morgan fingerprint density at radius 1 is 0.915 bits per heavy atom.